The minimum absolute atomic E-state index is 0.0227. The van der Waals surface area contributed by atoms with E-state index < -0.39 is 40.2 Å². The lowest BCUT2D eigenvalue weighted by Crippen LogP contribution is -2.54. The highest BCUT2D eigenvalue weighted by atomic mass is 35.5. The van der Waals surface area contributed by atoms with Crippen LogP contribution in [-0.2, 0) is 32.6 Å². The van der Waals surface area contributed by atoms with Gasteiger partial charge in [0.2, 0.25) is 11.8 Å². The fraction of sp³-hybridized carbons (Fsp3) is 0.257. The first-order valence-corrected chi connectivity index (χ1v) is 16.5. The predicted molar refractivity (Wildman–Crippen MR) is 176 cm³/mol. The van der Waals surface area contributed by atoms with Crippen molar-refractivity contribution in [3.05, 3.63) is 131 Å². The smallest absolute Gasteiger partial charge is 0.264 e. The molecule has 4 rings (SSSR count). The Hall–Kier alpha value is -4.21. The molecule has 236 valence electrons. The van der Waals surface area contributed by atoms with E-state index in [0.29, 0.717) is 11.4 Å². The van der Waals surface area contributed by atoms with Crippen molar-refractivity contribution < 1.29 is 22.4 Å². The first-order valence-electron chi connectivity index (χ1n) is 14.7. The Bertz CT molecular complexity index is 1720. The van der Waals surface area contributed by atoms with Gasteiger partial charge in [-0.2, -0.15) is 0 Å². The zero-order valence-corrected chi connectivity index (χ0v) is 27.1. The van der Waals surface area contributed by atoms with Gasteiger partial charge in [-0.3, -0.25) is 13.9 Å². The minimum atomic E-state index is -4.27. The molecule has 10 heteroatoms. The quantitative estimate of drug-likeness (QED) is 0.178. The van der Waals surface area contributed by atoms with E-state index in [4.69, 9.17) is 11.6 Å². The molecule has 0 aromatic heterocycles. The molecule has 2 atom stereocenters. The van der Waals surface area contributed by atoms with Crippen molar-refractivity contribution in [1.82, 2.24) is 10.2 Å². The van der Waals surface area contributed by atoms with Gasteiger partial charge in [0.15, 0.2) is 0 Å². The first kappa shape index (κ1) is 33.7. The second-order valence-electron chi connectivity index (χ2n) is 10.9. The summed E-state index contributed by atoms with van der Waals surface area (Å²) in [6.45, 7) is 4.65. The number of halogens is 2. The number of sulfonamides is 1. The van der Waals surface area contributed by atoms with Crippen LogP contribution in [0.2, 0.25) is 5.02 Å². The summed E-state index contributed by atoms with van der Waals surface area (Å²) in [6.07, 6.45) is 0.785. The number of amides is 2. The van der Waals surface area contributed by atoms with E-state index in [1.807, 2.05) is 44.2 Å². The Morgan fingerprint density at radius 2 is 1.53 bits per heavy atom. The van der Waals surface area contributed by atoms with Gasteiger partial charge in [-0.25, -0.2) is 12.8 Å². The summed E-state index contributed by atoms with van der Waals surface area (Å²) in [7, 11) is -4.27. The van der Waals surface area contributed by atoms with Crippen LogP contribution in [0.15, 0.2) is 108 Å². The van der Waals surface area contributed by atoms with Crippen LogP contribution in [0.3, 0.4) is 0 Å². The first-order chi connectivity index (χ1) is 21.5. The Balaban J connectivity index is 1.83. The van der Waals surface area contributed by atoms with Crippen molar-refractivity contribution in [2.24, 2.45) is 0 Å². The van der Waals surface area contributed by atoms with Gasteiger partial charge >= 0.3 is 0 Å². The molecular formula is C35H37ClFN3O4S. The molecule has 0 aliphatic rings. The van der Waals surface area contributed by atoms with Gasteiger partial charge in [0.25, 0.3) is 10.0 Å². The molecule has 0 spiro atoms. The van der Waals surface area contributed by atoms with Crippen LogP contribution in [0.25, 0.3) is 0 Å². The summed E-state index contributed by atoms with van der Waals surface area (Å²) >= 11 is 6.41. The fourth-order valence-electron chi connectivity index (χ4n) is 4.79. The maximum Gasteiger partial charge on any atom is 0.264 e. The summed E-state index contributed by atoms with van der Waals surface area (Å²) in [6, 6.07) is 26.4. The Labute approximate surface area is 269 Å². The number of nitrogens with zero attached hydrogens (tertiary/aromatic N) is 2. The molecule has 0 bridgehead atoms. The van der Waals surface area contributed by atoms with Crippen LogP contribution in [0, 0.1) is 12.7 Å². The maximum absolute atomic E-state index is 15.0. The molecule has 0 unspecified atom stereocenters. The number of carbonyl (C=O) groups excluding carboxylic acids is 2. The summed E-state index contributed by atoms with van der Waals surface area (Å²) in [5.74, 6) is -1.65. The van der Waals surface area contributed by atoms with Gasteiger partial charge in [0.1, 0.15) is 18.4 Å². The van der Waals surface area contributed by atoms with Crippen LogP contribution in [0.5, 0.6) is 0 Å². The summed E-state index contributed by atoms with van der Waals surface area (Å²) < 4.78 is 44.1. The van der Waals surface area contributed by atoms with Crippen molar-refractivity contribution in [2.45, 2.75) is 57.1 Å². The highest BCUT2D eigenvalue weighted by molar-refractivity contribution is 7.92. The Morgan fingerprint density at radius 1 is 0.911 bits per heavy atom. The standard InChI is InChI=1S/C35H37ClFN3O4S/c1-4-26(3)38-35(42)33(21-27-13-7-5-8-14-27)39(23-28-15-11-12-18-32(28)37)34(41)24-40(29-20-19-25(2)31(36)22-29)45(43,44)30-16-9-6-10-17-30/h5-20,22,26,33H,4,21,23-24H2,1-3H3,(H,38,42)/t26-,33-/m0/s1. The average Bonchev–Trinajstić information content (AvgIpc) is 3.04. The van der Waals surface area contributed by atoms with Crippen LogP contribution in [0.1, 0.15) is 37.0 Å². The fourth-order valence-corrected chi connectivity index (χ4v) is 6.39. The lowest BCUT2D eigenvalue weighted by molar-refractivity contribution is -0.140. The van der Waals surface area contributed by atoms with E-state index >= 15 is 4.39 Å². The molecule has 4 aromatic carbocycles. The normalized spacial score (nSPS) is 12.6. The number of anilines is 1. The largest absolute Gasteiger partial charge is 0.352 e. The third-order valence-electron chi connectivity index (χ3n) is 7.62. The second-order valence-corrected chi connectivity index (χ2v) is 13.2. The number of rotatable bonds is 13. The molecule has 45 heavy (non-hydrogen) atoms. The highest BCUT2D eigenvalue weighted by Gasteiger charge is 2.35. The van der Waals surface area contributed by atoms with Crippen molar-refractivity contribution in [3.8, 4) is 0 Å². The molecular weight excluding hydrogens is 613 g/mol. The van der Waals surface area contributed by atoms with Gasteiger partial charge in [-0.05, 0) is 61.7 Å². The van der Waals surface area contributed by atoms with Gasteiger partial charge in [-0.15, -0.1) is 0 Å². The molecule has 1 N–H and O–H groups in total. The molecule has 0 saturated heterocycles. The van der Waals surface area contributed by atoms with Gasteiger partial charge in [-0.1, -0.05) is 91.3 Å². The van der Waals surface area contributed by atoms with Gasteiger partial charge in [0.05, 0.1) is 10.6 Å². The molecule has 0 aliphatic carbocycles. The average molecular weight is 650 g/mol. The summed E-state index contributed by atoms with van der Waals surface area (Å²) in [5, 5.41) is 3.29. The van der Waals surface area contributed by atoms with Crippen molar-refractivity contribution >= 4 is 39.1 Å². The number of nitrogens with one attached hydrogen (secondary N) is 1. The molecule has 4 aromatic rings. The van der Waals surface area contributed by atoms with Gasteiger partial charge < -0.3 is 10.2 Å². The van der Waals surface area contributed by atoms with Crippen LogP contribution >= 0.6 is 11.6 Å². The lowest BCUT2D eigenvalue weighted by atomic mass is 10.0. The number of benzene rings is 4. The lowest BCUT2D eigenvalue weighted by Gasteiger charge is -2.34. The van der Waals surface area contributed by atoms with E-state index in [9.17, 15) is 18.0 Å². The molecule has 0 radical (unpaired) electrons. The zero-order chi connectivity index (χ0) is 32.6. The van der Waals surface area contributed by atoms with Crippen LogP contribution in [-0.4, -0.2) is 43.8 Å². The molecule has 7 nitrogen and oxygen atoms in total. The zero-order valence-electron chi connectivity index (χ0n) is 25.5. The molecule has 0 aliphatic heterocycles. The minimum Gasteiger partial charge on any atom is -0.352 e. The van der Waals surface area contributed by atoms with Crippen LogP contribution < -0.4 is 9.62 Å². The van der Waals surface area contributed by atoms with E-state index in [1.54, 1.807) is 49.4 Å². The Morgan fingerprint density at radius 3 is 2.16 bits per heavy atom. The summed E-state index contributed by atoms with van der Waals surface area (Å²) in [4.78, 5) is 29.5. The third kappa shape index (κ3) is 8.49. The van der Waals surface area contributed by atoms with Crippen molar-refractivity contribution in [2.75, 3.05) is 10.8 Å². The topological polar surface area (TPSA) is 86.8 Å². The Kier molecular flexibility index (Phi) is 11.4. The van der Waals surface area contributed by atoms with Gasteiger partial charge in [0, 0.05) is 29.6 Å². The second kappa shape index (κ2) is 15.2. The maximum atomic E-state index is 15.0. The summed E-state index contributed by atoms with van der Waals surface area (Å²) in [5.41, 5.74) is 1.88. The molecule has 0 fully saturated rings. The van der Waals surface area contributed by atoms with Crippen molar-refractivity contribution in [3.63, 3.8) is 0 Å². The molecule has 2 amide bonds. The number of hydrogen-bond acceptors (Lipinski definition) is 4. The van der Waals surface area contributed by atoms with E-state index in [0.717, 1.165) is 15.4 Å². The number of carbonyl (C=O) groups is 2. The van der Waals surface area contributed by atoms with E-state index in [2.05, 4.69) is 5.32 Å². The third-order valence-corrected chi connectivity index (χ3v) is 9.82. The predicted octanol–water partition coefficient (Wildman–Crippen LogP) is 6.54. The molecule has 0 heterocycles. The SMILES string of the molecule is CC[C@H](C)NC(=O)[C@H](Cc1ccccc1)N(Cc1ccccc1F)C(=O)CN(c1ccc(C)c(Cl)c1)S(=O)(=O)c1ccccc1. The van der Waals surface area contributed by atoms with E-state index in [-0.39, 0.29) is 35.2 Å². The highest BCUT2D eigenvalue weighted by Crippen LogP contribution is 2.29. The number of hydrogen-bond donors (Lipinski definition) is 1. The number of aryl methyl sites for hydroxylation is 1. The molecule has 0 saturated carbocycles. The van der Waals surface area contributed by atoms with Crippen molar-refractivity contribution in [1.29, 1.82) is 0 Å². The monoisotopic (exact) mass is 649 g/mol. The van der Waals surface area contributed by atoms with Crippen LogP contribution in [0.4, 0.5) is 10.1 Å². The van der Waals surface area contributed by atoms with E-state index in [1.165, 1.54) is 35.2 Å².